The molecule has 94 valence electrons. The number of para-hydroxylation sites is 1. The van der Waals surface area contributed by atoms with Crippen molar-refractivity contribution in [1.29, 1.82) is 0 Å². The summed E-state index contributed by atoms with van der Waals surface area (Å²) in [5.41, 5.74) is 1.72. The summed E-state index contributed by atoms with van der Waals surface area (Å²) in [7, 11) is -3.31. The average molecular weight is 255 g/mol. The van der Waals surface area contributed by atoms with E-state index in [1.54, 1.807) is 0 Å². The zero-order valence-electron chi connectivity index (χ0n) is 10.00. The molecule has 2 atom stereocenters. The number of aliphatic hydroxyl groups is 1. The zero-order valence-corrected chi connectivity index (χ0v) is 10.8. The van der Waals surface area contributed by atoms with Crippen LogP contribution >= 0.6 is 0 Å². The minimum Gasteiger partial charge on any atom is -0.396 e. The van der Waals surface area contributed by atoms with Gasteiger partial charge in [0.2, 0.25) is 10.0 Å². The SMILES string of the molecule is C[C@@H]1C(CO)Cc2ccccc2N1S(C)(=O)=O. The minimum absolute atomic E-state index is 0.00151. The molecule has 0 radical (unpaired) electrons. The van der Waals surface area contributed by atoms with E-state index in [-0.39, 0.29) is 18.6 Å². The molecule has 0 amide bonds. The average Bonchev–Trinajstić information content (AvgIpc) is 2.26. The maximum absolute atomic E-state index is 11.9. The molecule has 2 rings (SSSR count). The molecule has 1 aliphatic rings. The summed E-state index contributed by atoms with van der Waals surface area (Å²) in [4.78, 5) is 0. The lowest BCUT2D eigenvalue weighted by atomic mass is 9.89. The van der Waals surface area contributed by atoms with Gasteiger partial charge < -0.3 is 5.11 Å². The highest BCUT2D eigenvalue weighted by Gasteiger charge is 2.35. The number of rotatable bonds is 2. The number of nitrogens with zero attached hydrogens (tertiary/aromatic N) is 1. The summed E-state index contributed by atoms with van der Waals surface area (Å²) in [6, 6.07) is 7.26. The lowest BCUT2D eigenvalue weighted by molar-refractivity contribution is 0.205. The Morgan fingerprint density at radius 3 is 2.65 bits per heavy atom. The molecule has 0 saturated heterocycles. The largest absolute Gasteiger partial charge is 0.396 e. The zero-order chi connectivity index (χ0) is 12.6. The van der Waals surface area contributed by atoms with Crippen molar-refractivity contribution in [2.45, 2.75) is 19.4 Å². The molecule has 0 spiro atoms. The van der Waals surface area contributed by atoms with Gasteiger partial charge in [-0.3, -0.25) is 4.31 Å². The third-order valence-corrected chi connectivity index (χ3v) is 4.60. The fourth-order valence-electron chi connectivity index (χ4n) is 2.46. The minimum atomic E-state index is -3.31. The van der Waals surface area contributed by atoms with Crippen LogP contribution in [0.4, 0.5) is 5.69 Å². The molecule has 1 aromatic carbocycles. The highest BCUT2D eigenvalue weighted by atomic mass is 32.2. The molecule has 1 N–H and O–H groups in total. The van der Waals surface area contributed by atoms with E-state index < -0.39 is 10.0 Å². The lowest BCUT2D eigenvalue weighted by Gasteiger charge is -2.39. The van der Waals surface area contributed by atoms with E-state index in [4.69, 9.17) is 0 Å². The Balaban J connectivity index is 2.56. The van der Waals surface area contributed by atoms with Crippen molar-refractivity contribution in [2.75, 3.05) is 17.2 Å². The molecule has 0 bridgehead atoms. The van der Waals surface area contributed by atoms with Gasteiger partial charge in [-0.2, -0.15) is 0 Å². The first-order valence-corrected chi connectivity index (χ1v) is 7.48. The molecular weight excluding hydrogens is 238 g/mol. The Bertz CT molecular complexity index is 512. The molecule has 0 aromatic heterocycles. The maximum atomic E-state index is 11.9. The number of hydrogen-bond acceptors (Lipinski definition) is 3. The molecule has 1 heterocycles. The lowest BCUT2D eigenvalue weighted by Crippen LogP contribution is -2.47. The topological polar surface area (TPSA) is 57.6 Å². The first kappa shape index (κ1) is 12.4. The fourth-order valence-corrected chi connectivity index (χ4v) is 3.77. The number of sulfonamides is 1. The van der Waals surface area contributed by atoms with Crippen molar-refractivity contribution in [3.05, 3.63) is 29.8 Å². The van der Waals surface area contributed by atoms with E-state index in [9.17, 15) is 13.5 Å². The summed E-state index contributed by atoms with van der Waals surface area (Å²) >= 11 is 0. The second kappa shape index (κ2) is 4.31. The summed E-state index contributed by atoms with van der Waals surface area (Å²) < 4.78 is 25.2. The molecule has 17 heavy (non-hydrogen) atoms. The van der Waals surface area contributed by atoms with Crippen molar-refractivity contribution >= 4 is 15.7 Å². The van der Waals surface area contributed by atoms with Gasteiger partial charge in [0.15, 0.2) is 0 Å². The van der Waals surface area contributed by atoms with Crippen molar-refractivity contribution in [3.63, 3.8) is 0 Å². The van der Waals surface area contributed by atoms with E-state index in [0.29, 0.717) is 0 Å². The Hall–Kier alpha value is -1.07. The van der Waals surface area contributed by atoms with Crippen LogP contribution in [-0.2, 0) is 16.4 Å². The third kappa shape index (κ3) is 2.17. The highest BCUT2D eigenvalue weighted by molar-refractivity contribution is 7.92. The van der Waals surface area contributed by atoms with Gasteiger partial charge in [0.25, 0.3) is 0 Å². The van der Waals surface area contributed by atoms with Crippen LogP contribution in [0, 0.1) is 5.92 Å². The molecule has 0 saturated carbocycles. The maximum Gasteiger partial charge on any atom is 0.232 e. The fraction of sp³-hybridized carbons (Fsp3) is 0.500. The summed E-state index contributed by atoms with van der Waals surface area (Å²) in [5, 5.41) is 9.35. The molecule has 5 heteroatoms. The van der Waals surface area contributed by atoms with Gasteiger partial charge in [-0.1, -0.05) is 18.2 Å². The quantitative estimate of drug-likeness (QED) is 0.858. The van der Waals surface area contributed by atoms with Crippen LogP contribution < -0.4 is 4.31 Å². The second-order valence-corrected chi connectivity index (χ2v) is 6.43. The van der Waals surface area contributed by atoms with Crippen molar-refractivity contribution in [2.24, 2.45) is 5.92 Å². The van der Waals surface area contributed by atoms with E-state index in [2.05, 4.69) is 0 Å². The Morgan fingerprint density at radius 1 is 1.41 bits per heavy atom. The van der Waals surface area contributed by atoms with Crippen molar-refractivity contribution < 1.29 is 13.5 Å². The highest BCUT2D eigenvalue weighted by Crippen LogP contribution is 2.35. The monoisotopic (exact) mass is 255 g/mol. The molecule has 4 nitrogen and oxygen atoms in total. The summed E-state index contributed by atoms with van der Waals surface area (Å²) in [6.07, 6.45) is 1.93. The van der Waals surface area contributed by atoms with Crippen LogP contribution in [0.3, 0.4) is 0 Å². The van der Waals surface area contributed by atoms with E-state index >= 15 is 0 Å². The van der Waals surface area contributed by atoms with Gasteiger partial charge in [0, 0.05) is 18.6 Å². The summed E-state index contributed by atoms with van der Waals surface area (Å²) in [5.74, 6) is -0.0420. The molecule has 1 aromatic rings. The number of aliphatic hydroxyl groups excluding tert-OH is 1. The Labute approximate surface area is 102 Å². The van der Waals surface area contributed by atoms with Gasteiger partial charge in [0.1, 0.15) is 0 Å². The van der Waals surface area contributed by atoms with Crippen LogP contribution in [-0.4, -0.2) is 32.4 Å². The number of benzene rings is 1. The van der Waals surface area contributed by atoms with E-state index in [1.165, 1.54) is 10.6 Å². The normalized spacial score (nSPS) is 24.5. The predicted molar refractivity (Wildman–Crippen MR) is 67.5 cm³/mol. The second-order valence-electron chi connectivity index (χ2n) is 4.57. The third-order valence-electron chi connectivity index (χ3n) is 3.36. The van der Waals surface area contributed by atoms with Crippen LogP contribution in [0.5, 0.6) is 0 Å². The van der Waals surface area contributed by atoms with E-state index in [0.717, 1.165) is 17.7 Å². The standard InChI is InChI=1S/C12H17NO3S/c1-9-11(8-14)7-10-5-3-4-6-12(10)13(9)17(2,15)16/h3-6,9,11,14H,7-8H2,1-2H3/t9-,11?/m1/s1. The molecule has 1 aliphatic heterocycles. The smallest absolute Gasteiger partial charge is 0.232 e. The van der Waals surface area contributed by atoms with Crippen LogP contribution in [0.25, 0.3) is 0 Å². The number of hydrogen-bond donors (Lipinski definition) is 1. The van der Waals surface area contributed by atoms with E-state index in [1.807, 2.05) is 31.2 Å². The van der Waals surface area contributed by atoms with Crippen molar-refractivity contribution in [1.82, 2.24) is 0 Å². The first-order valence-electron chi connectivity index (χ1n) is 5.63. The van der Waals surface area contributed by atoms with Crippen LogP contribution in [0.15, 0.2) is 24.3 Å². The van der Waals surface area contributed by atoms with Crippen LogP contribution in [0.2, 0.25) is 0 Å². The molecule has 1 unspecified atom stereocenters. The Morgan fingerprint density at radius 2 is 2.06 bits per heavy atom. The van der Waals surface area contributed by atoms with Gasteiger partial charge >= 0.3 is 0 Å². The number of fused-ring (bicyclic) bond motifs is 1. The summed E-state index contributed by atoms with van der Waals surface area (Å²) in [6.45, 7) is 1.85. The predicted octanol–water partition coefficient (Wildman–Crippen LogP) is 1.01. The van der Waals surface area contributed by atoms with Crippen molar-refractivity contribution in [3.8, 4) is 0 Å². The molecular formula is C12H17NO3S. The number of anilines is 1. The van der Waals surface area contributed by atoms with Crippen LogP contribution in [0.1, 0.15) is 12.5 Å². The van der Waals surface area contributed by atoms with Gasteiger partial charge in [-0.25, -0.2) is 8.42 Å². The molecule has 0 aliphatic carbocycles. The van der Waals surface area contributed by atoms with Gasteiger partial charge in [-0.15, -0.1) is 0 Å². The van der Waals surface area contributed by atoms with Gasteiger partial charge in [0.05, 0.1) is 11.9 Å². The first-order chi connectivity index (χ1) is 7.95. The Kier molecular flexibility index (Phi) is 3.14. The van der Waals surface area contributed by atoms with Gasteiger partial charge in [-0.05, 0) is 25.0 Å². The molecule has 0 fully saturated rings.